The predicted molar refractivity (Wildman–Crippen MR) is 120 cm³/mol. The van der Waals surface area contributed by atoms with Crippen molar-refractivity contribution in [2.75, 3.05) is 6.54 Å². The zero-order valence-electron chi connectivity index (χ0n) is 16.5. The number of rotatable bonds is 3. The van der Waals surface area contributed by atoms with Crippen molar-refractivity contribution in [1.29, 1.82) is 0 Å². The Morgan fingerprint density at radius 1 is 1.13 bits per heavy atom. The Morgan fingerprint density at radius 2 is 1.90 bits per heavy atom. The van der Waals surface area contributed by atoms with Crippen LogP contribution in [0.15, 0.2) is 53.3 Å². The Balaban J connectivity index is 1.71. The first-order valence-electron chi connectivity index (χ1n) is 10.1. The summed E-state index contributed by atoms with van der Waals surface area (Å²) >= 11 is 5.38. The third kappa shape index (κ3) is 2.89. The van der Waals surface area contributed by atoms with Crippen LogP contribution in [-0.2, 0) is 12.8 Å². The van der Waals surface area contributed by atoms with Gasteiger partial charge < -0.3 is 15.4 Å². The number of aromatic amines is 2. The second-order valence-corrected chi connectivity index (χ2v) is 7.94. The first-order valence-corrected chi connectivity index (χ1v) is 10.5. The van der Waals surface area contributed by atoms with E-state index in [2.05, 4.69) is 28.3 Å². The number of H-pyrrole nitrogens is 2. The maximum absolute atomic E-state index is 12.9. The highest BCUT2D eigenvalue weighted by atomic mass is 32.1. The molecule has 1 aliphatic rings. The van der Waals surface area contributed by atoms with Gasteiger partial charge in [-0.15, -0.1) is 0 Å². The summed E-state index contributed by atoms with van der Waals surface area (Å²) in [5.74, 6) is -0.142. The van der Waals surface area contributed by atoms with Crippen LogP contribution < -0.4 is 10.9 Å². The molecule has 0 amide bonds. The van der Waals surface area contributed by atoms with Crippen molar-refractivity contribution in [2.24, 2.45) is 0 Å². The molecule has 5 rings (SSSR count). The van der Waals surface area contributed by atoms with Gasteiger partial charge in [-0.25, -0.2) is 0 Å². The first kappa shape index (κ1) is 18.8. The number of fused-ring (bicyclic) bond motifs is 3. The van der Waals surface area contributed by atoms with E-state index in [4.69, 9.17) is 12.2 Å². The van der Waals surface area contributed by atoms with E-state index in [1.165, 1.54) is 15.7 Å². The fourth-order valence-electron chi connectivity index (χ4n) is 4.35. The summed E-state index contributed by atoms with van der Waals surface area (Å²) in [5, 5.41) is 15.7. The summed E-state index contributed by atoms with van der Waals surface area (Å²) < 4.78 is 1.68. The molecule has 4 N–H and O–H groups in total. The molecular weight excluding hydrogens is 396 g/mol. The van der Waals surface area contributed by atoms with Gasteiger partial charge in [0.2, 0.25) is 5.88 Å². The molecule has 7 heteroatoms. The zero-order chi connectivity index (χ0) is 20.8. The molecule has 2 aromatic carbocycles. The third-order valence-corrected chi connectivity index (χ3v) is 6.16. The Kier molecular flexibility index (Phi) is 4.56. The highest BCUT2D eigenvalue weighted by Crippen LogP contribution is 2.35. The van der Waals surface area contributed by atoms with E-state index < -0.39 is 6.04 Å². The maximum atomic E-state index is 12.9. The second kappa shape index (κ2) is 7.27. The summed E-state index contributed by atoms with van der Waals surface area (Å²) in [6.45, 7) is 2.79. The standard InChI is InChI=1S/C23H22N4O2S/c1-2-13-7-9-14(10-8-13)27-22(29)18(21(28)26-23(27)30)20-19-16(11-12-24-20)15-5-3-4-6-17(15)25-19/h3-10,20,24-25,29H,2,11-12H2,1H3,(H,26,28,30). The van der Waals surface area contributed by atoms with Crippen molar-refractivity contribution in [2.45, 2.75) is 25.8 Å². The summed E-state index contributed by atoms with van der Waals surface area (Å²) in [4.78, 5) is 19.1. The van der Waals surface area contributed by atoms with Gasteiger partial charge in [-0.05, 0) is 54.4 Å². The molecule has 0 saturated heterocycles. The minimum Gasteiger partial charge on any atom is -0.494 e. The molecule has 3 heterocycles. The highest BCUT2D eigenvalue weighted by molar-refractivity contribution is 7.71. The Morgan fingerprint density at radius 3 is 2.67 bits per heavy atom. The van der Waals surface area contributed by atoms with Gasteiger partial charge in [-0.1, -0.05) is 37.3 Å². The van der Waals surface area contributed by atoms with Crippen molar-refractivity contribution < 1.29 is 5.11 Å². The number of hydrogen-bond acceptors (Lipinski definition) is 4. The maximum Gasteiger partial charge on any atom is 0.260 e. The van der Waals surface area contributed by atoms with Gasteiger partial charge in [0.05, 0.1) is 11.7 Å². The van der Waals surface area contributed by atoms with Gasteiger partial charge in [-0.2, -0.15) is 0 Å². The molecule has 1 atom stereocenters. The molecule has 6 nitrogen and oxygen atoms in total. The lowest BCUT2D eigenvalue weighted by Gasteiger charge is -2.25. The van der Waals surface area contributed by atoms with Gasteiger partial charge in [0.1, 0.15) is 5.56 Å². The Labute approximate surface area is 178 Å². The molecular formula is C23H22N4O2S. The normalized spacial score (nSPS) is 16.0. The number of hydrogen-bond donors (Lipinski definition) is 4. The monoisotopic (exact) mass is 418 g/mol. The molecule has 0 saturated carbocycles. The van der Waals surface area contributed by atoms with Crippen molar-refractivity contribution in [3.05, 3.63) is 86.0 Å². The van der Waals surface area contributed by atoms with E-state index in [1.54, 1.807) is 0 Å². The fourth-order valence-corrected chi connectivity index (χ4v) is 4.63. The summed E-state index contributed by atoms with van der Waals surface area (Å²) in [7, 11) is 0. The number of nitrogens with one attached hydrogen (secondary N) is 3. The first-order chi connectivity index (χ1) is 14.6. The zero-order valence-corrected chi connectivity index (χ0v) is 17.3. The van der Waals surface area contributed by atoms with Crippen LogP contribution in [0.5, 0.6) is 5.88 Å². The predicted octanol–water partition coefficient (Wildman–Crippen LogP) is 3.88. The fraction of sp³-hybridized carbons (Fsp3) is 0.217. The lowest BCUT2D eigenvalue weighted by molar-refractivity contribution is 0.412. The molecule has 0 spiro atoms. The van der Waals surface area contributed by atoms with Gasteiger partial charge in [0, 0.05) is 23.1 Å². The molecule has 0 aliphatic carbocycles. The molecule has 4 aromatic rings. The summed E-state index contributed by atoms with van der Waals surface area (Å²) in [6, 6.07) is 15.4. The van der Waals surface area contributed by atoms with Crippen LogP contribution >= 0.6 is 12.2 Å². The number of aromatic hydroxyl groups is 1. The van der Waals surface area contributed by atoms with E-state index in [9.17, 15) is 9.90 Å². The SMILES string of the molecule is CCc1ccc(-n2c(O)c(C3NCCc4c3[nH]c3ccccc43)c(=O)[nH]c2=S)cc1. The molecule has 30 heavy (non-hydrogen) atoms. The third-order valence-electron chi connectivity index (χ3n) is 5.87. The van der Waals surface area contributed by atoms with Crippen LogP contribution in [0.3, 0.4) is 0 Å². The van der Waals surface area contributed by atoms with Crippen molar-refractivity contribution in [3.8, 4) is 11.6 Å². The molecule has 1 aliphatic heterocycles. The summed E-state index contributed by atoms with van der Waals surface area (Å²) in [6.07, 6.45) is 1.77. The van der Waals surface area contributed by atoms with Crippen molar-refractivity contribution >= 4 is 23.1 Å². The number of benzene rings is 2. The second-order valence-electron chi connectivity index (χ2n) is 7.55. The van der Waals surface area contributed by atoms with Gasteiger partial charge in [0.25, 0.3) is 5.56 Å². The average molecular weight is 419 g/mol. The van der Waals surface area contributed by atoms with Crippen LogP contribution in [0.1, 0.15) is 35.3 Å². The van der Waals surface area contributed by atoms with E-state index in [0.29, 0.717) is 12.2 Å². The Hall–Kier alpha value is -3.16. The van der Waals surface area contributed by atoms with Crippen LogP contribution in [0.25, 0.3) is 16.6 Å². The number of para-hydroxylation sites is 1. The molecule has 2 aromatic heterocycles. The molecule has 0 radical (unpaired) electrons. The Bertz CT molecular complexity index is 1360. The lowest BCUT2D eigenvalue weighted by atomic mass is 9.95. The minimum absolute atomic E-state index is 0.142. The van der Waals surface area contributed by atoms with Gasteiger partial charge in [-0.3, -0.25) is 14.3 Å². The van der Waals surface area contributed by atoms with Crippen LogP contribution in [-0.4, -0.2) is 26.2 Å². The average Bonchev–Trinajstić information content (AvgIpc) is 3.13. The molecule has 1 unspecified atom stereocenters. The van der Waals surface area contributed by atoms with E-state index in [-0.39, 0.29) is 21.8 Å². The quantitative estimate of drug-likeness (QED) is 0.381. The van der Waals surface area contributed by atoms with Gasteiger partial charge >= 0.3 is 0 Å². The van der Waals surface area contributed by atoms with Crippen LogP contribution in [0, 0.1) is 4.77 Å². The largest absolute Gasteiger partial charge is 0.494 e. The van der Waals surface area contributed by atoms with Gasteiger partial charge in [0.15, 0.2) is 4.77 Å². The topological polar surface area (TPSA) is 85.8 Å². The van der Waals surface area contributed by atoms with E-state index in [1.807, 2.05) is 42.5 Å². The van der Waals surface area contributed by atoms with Crippen molar-refractivity contribution in [3.63, 3.8) is 0 Å². The molecule has 0 fully saturated rings. The summed E-state index contributed by atoms with van der Waals surface area (Å²) in [5.41, 5.74) is 4.88. The number of nitrogens with zero attached hydrogens (tertiary/aromatic N) is 1. The lowest BCUT2D eigenvalue weighted by Crippen LogP contribution is -2.35. The van der Waals surface area contributed by atoms with Crippen LogP contribution in [0.2, 0.25) is 0 Å². The van der Waals surface area contributed by atoms with Crippen LogP contribution in [0.4, 0.5) is 0 Å². The minimum atomic E-state index is -0.457. The van der Waals surface area contributed by atoms with E-state index in [0.717, 1.165) is 29.4 Å². The molecule has 152 valence electrons. The number of aromatic nitrogens is 3. The molecule has 0 bridgehead atoms. The van der Waals surface area contributed by atoms with E-state index >= 15 is 0 Å². The highest BCUT2D eigenvalue weighted by Gasteiger charge is 2.30. The smallest absolute Gasteiger partial charge is 0.260 e. The number of aryl methyl sites for hydroxylation is 1. The van der Waals surface area contributed by atoms with Crippen molar-refractivity contribution in [1.82, 2.24) is 19.9 Å².